The number of nitrogens with zero attached hydrogens (tertiary/aromatic N) is 2. The predicted octanol–water partition coefficient (Wildman–Crippen LogP) is 6.46. The van der Waals surface area contributed by atoms with Gasteiger partial charge in [-0.25, -0.2) is 8.42 Å². The Balaban J connectivity index is 1.29. The van der Waals surface area contributed by atoms with Gasteiger partial charge < -0.3 is 10.2 Å². The van der Waals surface area contributed by atoms with E-state index in [4.69, 9.17) is 0 Å². The summed E-state index contributed by atoms with van der Waals surface area (Å²) in [6.45, 7) is 2.01. The number of likely N-dealkylation sites (N-methyl/N-ethyl adjacent to an activating group) is 1. The number of benzene rings is 3. The van der Waals surface area contributed by atoms with Crippen LogP contribution in [0.25, 0.3) is 0 Å². The zero-order valence-corrected chi connectivity index (χ0v) is 29.1. The first-order chi connectivity index (χ1) is 22.0. The Labute approximate surface area is 281 Å². The number of rotatable bonds is 12. The van der Waals surface area contributed by atoms with Crippen LogP contribution < -0.4 is 9.62 Å². The number of carbonyl (C=O) groups is 2. The molecule has 4 fully saturated rings. The fraction of sp³-hybridized carbons (Fsp3) is 0.459. The van der Waals surface area contributed by atoms with Crippen LogP contribution in [-0.4, -0.2) is 50.5 Å². The van der Waals surface area contributed by atoms with Gasteiger partial charge in [-0.3, -0.25) is 13.9 Å². The van der Waals surface area contributed by atoms with Crippen LogP contribution in [0.2, 0.25) is 0 Å². The van der Waals surface area contributed by atoms with E-state index in [0.29, 0.717) is 18.7 Å². The van der Waals surface area contributed by atoms with Crippen LogP contribution in [0, 0.1) is 17.8 Å². The van der Waals surface area contributed by atoms with E-state index in [1.807, 2.05) is 73.7 Å². The molecule has 0 radical (unpaired) electrons. The summed E-state index contributed by atoms with van der Waals surface area (Å²) >= 11 is 3.47. The fourth-order valence-corrected chi connectivity index (χ4v) is 9.81. The number of carbonyl (C=O) groups excluding carboxylic acids is 2. The van der Waals surface area contributed by atoms with E-state index in [9.17, 15) is 18.0 Å². The summed E-state index contributed by atoms with van der Waals surface area (Å²) < 4.78 is 28.6. The molecule has 7 rings (SSSR count). The summed E-state index contributed by atoms with van der Waals surface area (Å²) in [7, 11) is -3.82. The Kier molecular flexibility index (Phi) is 9.62. The molecule has 4 saturated carbocycles. The third-order valence-corrected chi connectivity index (χ3v) is 12.0. The Morgan fingerprint density at radius 1 is 0.870 bits per heavy atom. The minimum Gasteiger partial charge on any atom is -0.355 e. The number of hydrogen-bond donors (Lipinski definition) is 1. The van der Waals surface area contributed by atoms with E-state index in [-0.39, 0.29) is 17.9 Å². The van der Waals surface area contributed by atoms with Gasteiger partial charge in [-0.1, -0.05) is 70.5 Å². The van der Waals surface area contributed by atoms with E-state index in [2.05, 4.69) is 33.4 Å². The summed E-state index contributed by atoms with van der Waals surface area (Å²) in [5.74, 6) is 1.71. The zero-order valence-electron chi connectivity index (χ0n) is 26.7. The fourth-order valence-electron chi connectivity index (χ4n) is 8.69. The normalized spacial score (nSPS) is 23.9. The Morgan fingerprint density at radius 2 is 1.46 bits per heavy atom. The molecule has 9 heteroatoms. The van der Waals surface area contributed by atoms with Crippen molar-refractivity contribution in [2.45, 2.75) is 69.9 Å². The molecule has 0 saturated heterocycles. The van der Waals surface area contributed by atoms with E-state index in [1.54, 1.807) is 0 Å². The van der Waals surface area contributed by atoms with Gasteiger partial charge in [-0.2, -0.15) is 0 Å². The van der Waals surface area contributed by atoms with Crippen LogP contribution in [0.4, 0.5) is 5.69 Å². The Morgan fingerprint density at radius 3 is 2.00 bits per heavy atom. The van der Waals surface area contributed by atoms with Gasteiger partial charge in [0.25, 0.3) is 0 Å². The largest absolute Gasteiger partial charge is 0.355 e. The molecule has 0 spiro atoms. The summed E-state index contributed by atoms with van der Waals surface area (Å²) in [6.07, 6.45) is 9.19. The maximum absolute atomic E-state index is 14.3. The van der Waals surface area contributed by atoms with Crippen LogP contribution in [0.5, 0.6) is 0 Å². The number of sulfonamides is 1. The highest BCUT2D eigenvalue weighted by Gasteiger charge is 2.51. The lowest BCUT2D eigenvalue weighted by Gasteiger charge is -2.57. The first-order valence-electron chi connectivity index (χ1n) is 16.5. The second kappa shape index (κ2) is 13.5. The van der Waals surface area contributed by atoms with Crippen LogP contribution in [0.1, 0.15) is 62.1 Å². The van der Waals surface area contributed by atoms with Crippen molar-refractivity contribution in [2.24, 2.45) is 17.8 Å². The molecule has 2 amide bonds. The quantitative estimate of drug-likeness (QED) is 0.235. The summed E-state index contributed by atoms with van der Waals surface area (Å²) in [5.41, 5.74) is 3.70. The molecule has 0 aliphatic heterocycles. The molecule has 7 nitrogen and oxygen atoms in total. The second-order valence-corrected chi connectivity index (χ2v) is 16.6. The van der Waals surface area contributed by atoms with Gasteiger partial charge in [0.15, 0.2) is 0 Å². The van der Waals surface area contributed by atoms with Crippen molar-refractivity contribution in [3.63, 3.8) is 0 Å². The van der Waals surface area contributed by atoms with Crippen LogP contribution >= 0.6 is 15.9 Å². The van der Waals surface area contributed by atoms with Crippen molar-refractivity contribution < 1.29 is 18.0 Å². The van der Waals surface area contributed by atoms with Crippen LogP contribution in [0.3, 0.4) is 0 Å². The van der Waals surface area contributed by atoms with Gasteiger partial charge in [0.05, 0.1) is 11.9 Å². The van der Waals surface area contributed by atoms with Gasteiger partial charge in [0.1, 0.15) is 12.6 Å². The molecule has 3 aromatic rings. The third kappa shape index (κ3) is 7.20. The number of amides is 2. The zero-order chi connectivity index (χ0) is 32.5. The Bertz CT molecular complexity index is 1610. The third-order valence-electron chi connectivity index (χ3n) is 10.4. The van der Waals surface area contributed by atoms with Crippen molar-refractivity contribution in [1.82, 2.24) is 10.2 Å². The summed E-state index contributed by atoms with van der Waals surface area (Å²) in [4.78, 5) is 29.4. The molecular weight excluding hydrogens is 662 g/mol. The van der Waals surface area contributed by atoms with E-state index in [1.165, 1.54) is 53.3 Å². The lowest BCUT2D eigenvalue weighted by Crippen LogP contribution is -2.53. The molecular formula is C37H44BrN3O4S. The number of nitrogens with one attached hydrogen (secondary N) is 1. The molecule has 0 unspecified atom stereocenters. The molecule has 3 aromatic carbocycles. The number of hydrogen-bond acceptors (Lipinski definition) is 4. The highest BCUT2D eigenvalue weighted by Crippen LogP contribution is 2.60. The molecule has 4 aliphatic rings. The smallest absolute Gasteiger partial charge is 0.244 e. The van der Waals surface area contributed by atoms with E-state index >= 15 is 0 Å². The van der Waals surface area contributed by atoms with Gasteiger partial charge in [-0.15, -0.1) is 0 Å². The van der Waals surface area contributed by atoms with Gasteiger partial charge >= 0.3 is 0 Å². The van der Waals surface area contributed by atoms with Gasteiger partial charge in [0, 0.05) is 24.0 Å². The summed E-state index contributed by atoms with van der Waals surface area (Å²) in [6, 6.07) is 24.3. The molecule has 1 N–H and O–H groups in total. The molecule has 4 aliphatic carbocycles. The minimum absolute atomic E-state index is 0.156. The molecule has 244 valence electrons. The maximum atomic E-state index is 14.3. The molecule has 0 heterocycles. The average molecular weight is 707 g/mol. The van der Waals surface area contributed by atoms with Crippen molar-refractivity contribution in [3.8, 4) is 0 Å². The lowest BCUT2D eigenvalue weighted by atomic mass is 9.48. The first-order valence-corrected chi connectivity index (χ1v) is 19.1. The van der Waals surface area contributed by atoms with Crippen LogP contribution in [-0.2, 0) is 38.0 Å². The van der Waals surface area contributed by atoms with Gasteiger partial charge in [0.2, 0.25) is 21.8 Å². The maximum Gasteiger partial charge on any atom is 0.244 e. The standard InChI is InChI=1S/C37H44BrN3O4S/c1-3-39-36(43)34(20-26-7-5-4-6-8-26)40(24-27-9-13-32(38)14-10-27)35(42)25-41(46(2,44)45)33-15-11-31(12-16-33)37-21-28-17-29(22-37)19-30(18-28)23-37/h4-16,28-30,34H,3,17-25H2,1-2H3,(H,39,43)/t28?,29?,30?,34-,37?/m1/s1. The van der Waals surface area contributed by atoms with Crippen molar-refractivity contribution in [2.75, 3.05) is 23.7 Å². The molecule has 4 bridgehead atoms. The molecule has 0 aromatic heterocycles. The van der Waals surface area contributed by atoms with E-state index < -0.39 is 28.5 Å². The highest BCUT2D eigenvalue weighted by molar-refractivity contribution is 9.10. The predicted molar refractivity (Wildman–Crippen MR) is 186 cm³/mol. The molecule has 46 heavy (non-hydrogen) atoms. The average Bonchev–Trinajstić information content (AvgIpc) is 3.02. The van der Waals surface area contributed by atoms with Crippen LogP contribution in [0.15, 0.2) is 83.3 Å². The first kappa shape index (κ1) is 32.8. The second-order valence-electron chi connectivity index (χ2n) is 13.8. The van der Waals surface area contributed by atoms with Crippen molar-refractivity contribution in [1.29, 1.82) is 0 Å². The molecule has 1 atom stereocenters. The summed E-state index contributed by atoms with van der Waals surface area (Å²) in [5, 5.41) is 2.90. The topological polar surface area (TPSA) is 86.8 Å². The van der Waals surface area contributed by atoms with Crippen molar-refractivity contribution in [3.05, 3.63) is 100 Å². The lowest BCUT2D eigenvalue weighted by molar-refractivity contribution is -0.140. The number of halogens is 1. The number of anilines is 1. The highest BCUT2D eigenvalue weighted by atomic mass is 79.9. The van der Waals surface area contributed by atoms with Crippen molar-refractivity contribution >= 4 is 43.5 Å². The Hall–Kier alpha value is -3.17. The monoisotopic (exact) mass is 705 g/mol. The van der Waals surface area contributed by atoms with Gasteiger partial charge in [-0.05, 0) is 110 Å². The SMILES string of the molecule is CCNC(=O)[C@@H](Cc1ccccc1)N(Cc1ccc(Br)cc1)C(=O)CN(c1ccc(C23CC4CC(CC(C4)C2)C3)cc1)S(C)(=O)=O. The van der Waals surface area contributed by atoms with E-state index in [0.717, 1.165) is 39.6 Å². The minimum atomic E-state index is -3.82.